The smallest absolute Gasteiger partial charge is 0.250 e. The minimum Gasteiger partial charge on any atom is -0.497 e. The van der Waals surface area contributed by atoms with Crippen molar-refractivity contribution in [2.45, 2.75) is 56.8 Å². The van der Waals surface area contributed by atoms with Gasteiger partial charge in [0.25, 0.3) is 5.91 Å². The van der Waals surface area contributed by atoms with E-state index in [9.17, 15) is 9.59 Å². The number of hydrogen-bond donors (Lipinski definition) is 0. The molecule has 2 aliphatic rings. The van der Waals surface area contributed by atoms with E-state index in [0.717, 1.165) is 42.6 Å². The predicted molar refractivity (Wildman–Crippen MR) is 169 cm³/mol. The summed E-state index contributed by atoms with van der Waals surface area (Å²) in [5.41, 5.74) is 3.20. The molecule has 6 rings (SSSR count). The molecule has 3 aromatic carbocycles. The zero-order chi connectivity index (χ0) is 30.3. The Morgan fingerprint density at radius 1 is 0.886 bits per heavy atom. The van der Waals surface area contributed by atoms with Gasteiger partial charge in [-0.3, -0.25) is 9.59 Å². The minimum absolute atomic E-state index is 0.0786. The molecule has 1 aromatic heterocycles. The zero-order valence-corrected chi connectivity index (χ0v) is 24.8. The highest BCUT2D eigenvalue weighted by molar-refractivity contribution is 6.06. The van der Waals surface area contributed by atoms with Crippen molar-refractivity contribution in [2.24, 2.45) is 0 Å². The number of methoxy groups -OCH3 is 1. The summed E-state index contributed by atoms with van der Waals surface area (Å²) < 4.78 is 12.8. The molecule has 0 spiro atoms. The highest BCUT2D eigenvalue weighted by Crippen LogP contribution is 2.38. The van der Waals surface area contributed by atoms with Crippen molar-refractivity contribution < 1.29 is 19.1 Å². The number of likely N-dealkylation sites (tertiary alicyclic amines) is 1. The first-order valence-corrected chi connectivity index (χ1v) is 15.1. The Balaban J connectivity index is 1.08. The van der Waals surface area contributed by atoms with E-state index in [2.05, 4.69) is 39.5 Å². The minimum atomic E-state index is -0.422. The quantitative estimate of drug-likeness (QED) is 0.112. The summed E-state index contributed by atoms with van der Waals surface area (Å²) >= 11 is 0. The molecule has 0 radical (unpaired) electrons. The molecule has 2 unspecified atom stereocenters. The lowest BCUT2D eigenvalue weighted by Gasteiger charge is -2.50. The van der Waals surface area contributed by atoms with Gasteiger partial charge < -0.3 is 14.4 Å². The molecule has 2 heterocycles. The number of aromatic nitrogens is 3. The van der Waals surface area contributed by atoms with E-state index in [4.69, 9.17) is 9.47 Å². The van der Waals surface area contributed by atoms with Crippen LogP contribution in [0.15, 0.2) is 97.2 Å². The average Bonchev–Trinajstić information content (AvgIpc) is 3.53. The van der Waals surface area contributed by atoms with Crippen LogP contribution in [0.2, 0.25) is 0 Å². The first-order valence-electron chi connectivity index (χ1n) is 15.1. The Labute approximate surface area is 257 Å². The molecule has 1 saturated heterocycles. The fraction of sp³-hybridized carbons (Fsp3) is 0.278. The SMILES string of the molecule is COc1ccc(/C=C/C(=O)c2ccc(OCc3cn(C4C(=O)N(C5CCCCC5)C4/C=C/c4ccccc4)nn3)cc2)cc1. The molecule has 1 saturated carbocycles. The summed E-state index contributed by atoms with van der Waals surface area (Å²) in [7, 11) is 1.62. The Kier molecular flexibility index (Phi) is 8.96. The van der Waals surface area contributed by atoms with Gasteiger partial charge in [0.1, 0.15) is 23.8 Å². The lowest BCUT2D eigenvalue weighted by atomic mass is 9.85. The second-order valence-electron chi connectivity index (χ2n) is 11.2. The van der Waals surface area contributed by atoms with Crippen molar-refractivity contribution in [3.8, 4) is 11.5 Å². The third kappa shape index (κ3) is 6.64. The Morgan fingerprint density at radius 3 is 2.32 bits per heavy atom. The molecule has 1 aliphatic heterocycles. The van der Waals surface area contributed by atoms with Gasteiger partial charge in [-0.05, 0) is 66.4 Å². The Hall–Kier alpha value is -4.98. The Bertz CT molecular complexity index is 1620. The van der Waals surface area contributed by atoms with Crippen LogP contribution in [0.25, 0.3) is 12.2 Å². The van der Waals surface area contributed by atoms with Gasteiger partial charge in [-0.15, -0.1) is 5.10 Å². The molecular formula is C36H36N4O4. The molecule has 8 heteroatoms. The second kappa shape index (κ2) is 13.5. The molecular weight excluding hydrogens is 552 g/mol. The van der Waals surface area contributed by atoms with Gasteiger partial charge in [0.15, 0.2) is 11.8 Å². The molecule has 44 heavy (non-hydrogen) atoms. The third-order valence-corrected chi connectivity index (χ3v) is 8.32. The number of amides is 1. The normalized spacial score (nSPS) is 18.9. The van der Waals surface area contributed by atoms with Crippen LogP contribution in [0.3, 0.4) is 0 Å². The van der Waals surface area contributed by atoms with Crippen molar-refractivity contribution in [2.75, 3.05) is 7.11 Å². The van der Waals surface area contributed by atoms with Gasteiger partial charge in [0.05, 0.1) is 19.3 Å². The fourth-order valence-corrected chi connectivity index (χ4v) is 5.91. The second-order valence-corrected chi connectivity index (χ2v) is 11.2. The largest absolute Gasteiger partial charge is 0.497 e. The predicted octanol–water partition coefficient (Wildman–Crippen LogP) is 6.56. The van der Waals surface area contributed by atoms with Gasteiger partial charge in [0, 0.05) is 11.6 Å². The van der Waals surface area contributed by atoms with E-state index in [1.807, 2.05) is 42.5 Å². The van der Waals surface area contributed by atoms with Crippen molar-refractivity contribution in [3.63, 3.8) is 0 Å². The van der Waals surface area contributed by atoms with Crippen LogP contribution in [-0.4, -0.2) is 50.8 Å². The lowest BCUT2D eigenvalue weighted by molar-refractivity contribution is -0.157. The van der Waals surface area contributed by atoms with Gasteiger partial charge in [-0.2, -0.15) is 0 Å². The van der Waals surface area contributed by atoms with Gasteiger partial charge in [-0.25, -0.2) is 4.68 Å². The number of ether oxygens (including phenoxy) is 2. The summed E-state index contributed by atoms with van der Waals surface area (Å²) in [5.74, 6) is 1.38. The lowest BCUT2D eigenvalue weighted by Crippen LogP contribution is -2.64. The van der Waals surface area contributed by atoms with Crippen molar-refractivity contribution in [3.05, 3.63) is 120 Å². The molecule has 4 aromatic rings. The van der Waals surface area contributed by atoms with E-state index in [1.165, 1.54) is 6.42 Å². The molecule has 0 bridgehead atoms. The maximum atomic E-state index is 13.4. The number of hydrogen-bond acceptors (Lipinski definition) is 6. The van der Waals surface area contributed by atoms with Crippen molar-refractivity contribution in [1.82, 2.24) is 19.9 Å². The molecule has 224 valence electrons. The number of carbonyl (C=O) groups is 2. The summed E-state index contributed by atoms with van der Waals surface area (Å²) in [6.45, 7) is 0.197. The van der Waals surface area contributed by atoms with Crippen LogP contribution in [0.5, 0.6) is 11.5 Å². The van der Waals surface area contributed by atoms with Gasteiger partial charge >= 0.3 is 0 Å². The number of rotatable bonds is 11. The summed E-state index contributed by atoms with van der Waals surface area (Å²) in [4.78, 5) is 28.1. The number of ketones is 1. The monoisotopic (exact) mass is 588 g/mol. The van der Waals surface area contributed by atoms with Crippen molar-refractivity contribution >= 4 is 23.8 Å². The molecule has 1 aliphatic carbocycles. The topological polar surface area (TPSA) is 86.5 Å². The number of benzene rings is 3. The summed E-state index contributed by atoms with van der Waals surface area (Å²) in [6.07, 6.45) is 15.0. The fourth-order valence-electron chi connectivity index (χ4n) is 5.91. The van der Waals surface area contributed by atoms with E-state index in [1.54, 1.807) is 54.4 Å². The number of β-lactam (4-membered cyclic amide) rings is 1. The zero-order valence-electron chi connectivity index (χ0n) is 24.8. The van der Waals surface area contributed by atoms with Crippen LogP contribution < -0.4 is 9.47 Å². The van der Waals surface area contributed by atoms with Crippen molar-refractivity contribution in [1.29, 1.82) is 0 Å². The van der Waals surface area contributed by atoms with Crippen LogP contribution in [0.4, 0.5) is 0 Å². The maximum absolute atomic E-state index is 13.4. The summed E-state index contributed by atoms with van der Waals surface area (Å²) in [6, 6.07) is 24.4. The average molecular weight is 589 g/mol. The van der Waals surface area contributed by atoms with Crippen LogP contribution in [0.1, 0.15) is 65.3 Å². The molecule has 0 N–H and O–H groups in total. The molecule has 8 nitrogen and oxygen atoms in total. The molecule has 2 fully saturated rings. The number of nitrogens with zero attached hydrogens (tertiary/aromatic N) is 4. The maximum Gasteiger partial charge on any atom is 0.250 e. The first kappa shape index (κ1) is 29.1. The first-order chi connectivity index (χ1) is 21.6. The van der Waals surface area contributed by atoms with E-state index in [0.29, 0.717) is 17.0 Å². The highest BCUT2D eigenvalue weighted by atomic mass is 16.5. The van der Waals surface area contributed by atoms with Crippen LogP contribution in [0, 0.1) is 0 Å². The Morgan fingerprint density at radius 2 is 1.59 bits per heavy atom. The molecule has 1 amide bonds. The van der Waals surface area contributed by atoms with Gasteiger partial charge in [0.2, 0.25) is 0 Å². The van der Waals surface area contributed by atoms with Crippen LogP contribution >= 0.6 is 0 Å². The molecule has 2 atom stereocenters. The highest BCUT2D eigenvalue weighted by Gasteiger charge is 2.50. The number of allylic oxidation sites excluding steroid dienone is 1. The van der Waals surface area contributed by atoms with Gasteiger partial charge in [-0.1, -0.05) is 85.2 Å². The number of carbonyl (C=O) groups excluding carboxylic acids is 2. The van der Waals surface area contributed by atoms with E-state index in [-0.39, 0.29) is 30.4 Å². The van der Waals surface area contributed by atoms with E-state index >= 15 is 0 Å². The van der Waals surface area contributed by atoms with E-state index < -0.39 is 6.04 Å². The summed E-state index contributed by atoms with van der Waals surface area (Å²) in [5, 5.41) is 8.61. The third-order valence-electron chi connectivity index (χ3n) is 8.32. The standard InChI is InChI=1S/C36H36N4O4/c1-43-31-18-12-27(13-19-31)15-23-34(41)28-16-20-32(21-17-28)44-25-29-24-39(38-37-29)35-33(22-14-26-8-4-2-5-9-26)40(36(35)42)30-10-6-3-7-11-30/h2,4-5,8-9,12-24,30,33,35H,3,6-7,10-11,25H2,1H3/b22-14+,23-15+. The van der Waals surface area contributed by atoms with Crippen LogP contribution in [-0.2, 0) is 11.4 Å².